The second kappa shape index (κ2) is 3.21. The van der Waals surface area contributed by atoms with Gasteiger partial charge >= 0.3 is 0 Å². The van der Waals surface area contributed by atoms with Gasteiger partial charge in [-0.2, -0.15) is 5.10 Å². The number of aromatic amines is 1. The number of aliphatic imine (C=N–C) groups is 1. The second-order valence-electron chi connectivity index (χ2n) is 2.70. The van der Waals surface area contributed by atoms with Crippen LogP contribution in [0.15, 0.2) is 29.4 Å². The zero-order valence-corrected chi connectivity index (χ0v) is 6.82. The largest absolute Gasteiger partial charge is 0.278 e. The molecule has 0 bridgehead atoms. The maximum absolute atomic E-state index is 9.88. The summed E-state index contributed by atoms with van der Waals surface area (Å²) in [6, 6.07) is 5.76. The fourth-order valence-corrected chi connectivity index (χ4v) is 1.21. The Morgan fingerprint density at radius 2 is 2.46 bits per heavy atom. The van der Waals surface area contributed by atoms with Crippen molar-refractivity contribution in [3.05, 3.63) is 30.0 Å². The third kappa shape index (κ3) is 1.48. The SMILES string of the molecule is O=C=NCc1ccc2[nH]ncc2c1. The lowest BCUT2D eigenvalue weighted by Crippen LogP contribution is -1.79. The fourth-order valence-electron chi connectivity index (χ4n) is 1.21. The molecular weight excluding hydrogens is 166 g/mol. The number of benzene rings is 1. The van der Waals surface area contributed by atoms with Crippen molar-refractivity contribution < 1.29 is 4.79 Å². The molecule has 0 amide bonds. The Morgan fingerprint density at radius 1 is 1.54 bits per heavy atom. The van der Waals surface area contributed by atoms with E-state index in [1.165, 1.54) is 6.08 Å². The summed E-state index contributed by atoms with van der Waals surface area (Å²) in [7, 11) is 0. The van der Waals surface area contributed by atoms with Gasteiger partial charge in [0.25, 0.3) is 0 Å². The summed E-state index contributed by atoms with van der Waals surface area (Å²) in [6.07, 6.45) is 3.25. The molecule has 0 saturated heterocycles. The summed E-state index contributed by atoms with van der Waals surface area (Å²) in [5.41, 5.74) is 1.97. The lowest BCUT2D eigenvalue weighted by Gasteiger charge is -1.93. The highest BCUT2D eigenvalue weighted by Crippen LogP contribution is 2.13. The van der Waals surface area contributed by atoms with Crippen molar-refractivity contribution in [2.24, 2.45) is 4.99 Å². The molecule has 0 aliphatic carbocycles. The molecule has 1 aromatic carbocycles. The van der Waals surface area contributed by atoms with Crippen LogP contribution >= 0.6 is 0 Å². The Bertz CT molecular complexity index is 468. The van der Waals surface area contributed by atoms with E-state index in [9.17, 15) is 4.79 Å². The molecule has 0 saturated carbocycles. The Morgan fingerprint density at radius 3 is 3.31 bits per heavy atom. The van der Waals surface area contributed by atoms with Crippen LogP contribution in [0.4, 0.5) is 0 Å². The van der Waals surface area contributed by atoms with Gasteiger partial charge in [0, 0.05) is 5.39 Å². The fraction of sp³-hybridized carbons (Fsp3) is 0.111. The van der Waals surface area contributed by atoms with Gasteiger partial charge < -0.3 is 0 Å². The molecule has 4 heteroatoms. The van der Waals surface area contributed by atoms with Crippen molar-refractivity contribution >= 4 is 17.0 Å². The molecular formula is C9H7N3O. The summed E-state index contributed by atoms with van der Waals surface area (Å²) in [4.78, 5) is 13.4. The molecule has 13 heavy (non-hydrogen) atoms. The lowest BCUT2D eigenvalue weighted by molar-refractivity contribution is 0.563. The van der Waals surface area contributed by atoms with E-state index in [2.05, 4.69) is 15.2 Å². The second-order valence-corrected chi connectivity index (χ2v) is 2.70. The smallest absolute Gasteiger partial charge is 0.235 e. The number of isocyanates is 1. The minimum Gasteiger partial charge on any atom is -0.278 e. The van der Waals surface area contributed by atoms with Gasteiger partial charge in [0.15, 0.2) is 0 Å². The van der Waals surface area contributed by atoms with Crippen LogP contribution in [-0.4, -0.2) is 16.3 Å². The topological polar surface area (TPSA) is 58.1 Å². The minimum absolute atomic E-state index is 0.380. The van der Waals surface area contributed by atoms with Crippen LogP contribution in [0, 0.1) is 0 Å². The number of nitrogens with zero attached hydrogens (tertiary/aromatic N) is 2. The summed E-state index contributed by atoms with van der Waals surface area (Å²) in [5.74, 6) is 0. The number of carbonyl (C=O) groups excluding carboxylic acids is 1. The third-order valence-corrected chi connectivity index (χ3v) is 1.83. The molecule has 0 aliphatic rings. The Kier molecular flexibility index (Phi) is 1.90. The predicted octanol–water partition coefficient (Wildman–Crippen LogP) is 1.40. The number of nitrogens with one attached hydrogen (secondary N) is 1. The first-order valence-corrected chi connectivity index (χ1v) is 3.86. The van der Waals surface area contributed by atoms with Crippen LogP contribution in [0.25, 0.3) is 10.9 Å². The number of fused-ring (bicyclic) bond motifs is 1. The van der Waals surface area contributed by atoms with Gasteiger partial charge in [-0.3, -0.25) is 5.10 Å². The van der Waals surface area contributed by atoms with Crippen molar-refractivity contribution in [1.82, 2.24) is 10.2 Å². The molecule has 2 aromatic rings. The van der Waals surface area contributed by atoms with Gasteiger partial charge in [0.2, 0.25) is 6.08 Å². The van der Waals surface area contributed by atoms with Gasteiger partial charge in [-0.05, 0) is 17.7 Å². The van der Waals surface area contributed by atoms with Crippen LogP contribution in [0.1, 0.15) is 5.56 Å². The van der Waals surface area contributed by atoms with Crippen LogP contribution < -0.4 is 0 Å². The van der Waals surface area contributed by atoms with Crippen molar-refractivity contribution in [1.29, 1.82) is 0 Å². The normalized spacial score (nSPS) is 9.85. The number of hydrogen-bond acceptors (Lipinski definition) is 3. The van der Waals surface area contributed by atoms with Gasteiger partial charge in [-0.1, -0.05) is 6.07 Å². The highest BCUT2D eigenvalue weighted by molar-refractivity contribution is 5.78. The molecule has 1 aromatic heterocycles. The van der Waals surface area contributed by atoms with Crippen molar-refractivity contribution in [3.63, 3.8) is 0 Å². The molecule has 4 nitrogen and oxygen atoms in total. The van der Waals surface area contributed by atoms with Crippen molar-refractivity contribution in [3.8, 4) is 0 Å². The first kappa shape index (κ1) is 7.71. The monoisotopic (exact) mass is 173 g/mol. The quantitative estimate of drug-likeness (QED) is 0.551. The highest BCUT2D eigenvalue weighted by atomic mass is 16.1. The average Bonchev–Trinajstić information content (AvgIpc) is 2.61. The van der Waals surface area contributed by atoms with Crippen LogP contribution in [0.5, 0.6) is 0 Å². The van der Waals surface area contributed by atoms with Gasteiger partial charge in [-0.25, -0.2) is 9.79 Å². The summed E-state index contributed by atoms with van der Waals surface area (Å²) in [6.45, 7) is 0.380. The van der Waals surface area contributed by atoms with Gasteiger partial charge in [-0.15, -0.1) is 0 Å². The van der Waals surface area contributed by atoms with E-state index in [-0.39, 0.29) is 0 Å². The minimum atomic E-state index is 0.380. The van der Waals surface area contributed by atoms with E-state index in [0.717, 1.165) is 16.5 Å². The summed E-state index contributed by atoms with van der Waals surface area (Å²) >= 11 is 0. The van der Waals surface area contributed by atoms with E-state index in [1.807, 2.05) is 18.2 Å². The third-order valence-electron chi connectivity index (χ3n) is 1.83. The number of rotatable bonds is 2. The van der Waals surface area contributed by atoms with Crippen molar-refractivity contribution in [2.45, 2.75) is 6.54 Å². The number of aromatic nitrogens is 2. The van der Waals surface area contributed by atoms with E-state index in [1.54, 1.807) is 6.20 Å². The first-order chi connectivity index (χ1) is 6.40. The highest BCUT2D eigenvalue weighted by Gasteiger charge is 1.96. The molecule has 0 radical (unpaired) electrons. The van der Waals surface area contributed by atoms with Crippen LogP contribution in [0.3, 0.4) is 0 Å². The molecule has 0 atom stereocenters. The Hall–Kier alpha value is -1.93. The molecule has 64 valence electrons. The average molecular weight is 173 g/mol. The summed E-state index contributed by atoms with van der Waals surface area (Å²) < 4.78 is 0. The van der Waals surface area contributed by atoms with Gasteiger partial charge in [0.05, 0.1) is 18.3 Å². The maximum Gasteiger partial charge on any atom is 0.235 e. The maximum atomic E-state index is 9.88. The van der Waals surface area contributed by atoms with E-state index >= 15 is 0 Å². The molecule has 0 spiro atoms. The summed E-state index contributed by atoms with van der Waals surface area (Å²) in [5, 5.41) is 7.76. The molecule has 0 fully saturated rings. The number of H-pyrrole nitrogens is 1. The zero-order chi connectivity index (χ0) is 9.10. The first-order valence-electron chi connectivity index (χ1n) is 3.86. The molecule has 1 heterocycles. The van der Waals surface area contributed by atoms with Crippen LogP contribution in [0.2, 0.25) is 0 Å². The predicted molar refractivity (Wildman–Crippen MR) is 47.9 cm³/mol. The molecule has 0 unspecified atom stereocenters. The van der Waals surface area contributed by atoms with E-state index in [4.69, 9.17) is 0 Å². The standard InChI is InChI=1S/C9H7N3O/c13-6-10-4-7-1-2-9-8(3-7)5-11-12-9/h1-3,5H,4H2,(H,11,12). The zero-order valence-electron chi connectivity index (χ0n) is 6.82. The molecule has 0 aliphatic heterocycles. The van der Waals surface area contributed by atoms with Gasteiger partial charge in [0.1, 0.15) is 0 Å². The van der Waals surface area contributed by atoms with E-state index < -0.39 is 0 Å². The Labute approximate surface area is 74.3 Å². The molecule has 1 N–H and O–H groups in total. The van der Waals surface area contributed by atoms with E-state index in [0.29, 0.717) is 6.54 Å². The Balaban J connectivity index is 2.42. The lowest BCUT2D eigenvalue weighted by atomic mass is 10.2. The van der Waals surface area contributed by atoms with Crippen LogP contribution in [-0.2, 0) is 11.3 Å². The molecule has 2 rings (SSSR count). The number of hydrogen-bond donors (Lipinski definition) is 1. The van der Waals surface area contributed by atoms with Crippen molar-refractivity contribution in [2.75, 3.05) is 0 Å².